The Balaban J connectivity index is 1.97. The lowest BCUT2D eigenvalue weighted by Gasteiger charge is -2.03. The first-order valence-electron chi connectivity index (χ1n) is 10.0. The fraction of sp³-hybridized carbons (Fsp3) is 0.111. The van der Waals surface area contributed by atoms with Crippen LogP contribution in [0.3, 0.4) is 0 Å². The molecule has 0 aliphatic rings. The van der Waals surface area contributed by atoms with E-state index in [2.05, 4.69) is 57.4 Å². The van der Waals surface area contributed by atoms with Crippen molar-refractivity contribution in [2.75, 3.05) is 0 Å². The van der Waals surface area contributed by atoms with Gasteiger partial charge in [0.2, 0.25) is 0 Å². The third kappa shape index (κ3) is 8.96. The van der Waals surface area contributed by atoms with Gasteiger partial charge < -0.3 is 0 Å². The normalized spacial score (nSPS) is 13.1. The fourth-order valence-electron chi connectivity index (χ4n) is 2.52. The lowest BCUT2D eigenvalue weighted by molar-refractivity contribution is 1.19. The number of allylic oxidation sites excluding steroid dienone is 5. The second kappa shape index (κ2) is 13.3. The molecule has 156 valence electrons. The Kier molecular flexibility index (Phi) is 10.0. The molecular weight excluding hydrogens is 380 g/mol. The van der Waals surface area contributed by atoms with Crippen LogP contribution in [0.25, 0.3) is 0 Å². The van der Waals surface area contributed by atoms with E-state index in [1.807, 2.05) is 44.2 Å². The molecule has 0 amide bonds. The van der Waals surface area contributed by atoms with Gasteiger partial charge in [-0.3, -0.25) is 20.0 Å². The van der Waals surface area contributed by atoms with E-state index in [9.17, 15) is 0 Å². The number of hydrogen-bond acceptors (Lipinski definition) is 4. The highest BCUT2D eigenvalue weighted by atomic mass is 14.8. The summed E-state index contributed by atoms with van der Waals surface area (Å²) in [6.07, 6.45) is 14.7. The molecule has 2 aromatic rings. The standard InChI is InChI=1S/C27H28N4/c1-5-8-18-28-22(4)20-30-26-13-9-23(10-14-26)19-24-11-15-27(16-12-24)31-21-25(7-3)29-17-6-2/h5-18,20-21H,1-2,19H2,3-4H3/b18-8-,25-7-,28-22?,29-17?,30-20?,31-21?. The molecule has 0 aliphatic carbocycles. The predicted octanol–water partition coefficient (Wildman–Crippen LogP) is 7.00. The van der Waals surface area contributed by atoms with Gasteiger partial charge in [0.1, 0.15) is 0 Å². The SMILES string of the molecule is C=CC=N/C(C=Nc1ccc(Cc2ccc(N=CC(C)=N/C=C\C=C)cc2)cc1)=C\C. The monoisotopic (exact) mass is 408 g/mol. The average Bonchev–Trinajstić information content (AvgIpc) is 2.80. The first kappa shape index (κ1) is 23.4. The van der Waals surface area contributed by atoms with Crippen LogP contribution in [0.1, 0.15) is 25.0 Å². The van der Waals surface area contributed by atoms with Gasteiger partial charge >= 0.3 is 0 Å². The van der Waals surface area contributed by atoms with Crippen LogP contribution in [0.5, 0.6) is 0 Å². The van der Waals surface area contributed by atoms with E-state index in [1.165, 1.54) is 11.1 Å². The van der Waals surface area contributed by atoms with Crippen molar-refractivity contribution < 1.29 is 0 Å². The van der Waals surface area contributed by atoms with Gasteiger partial charge in [-0.05, 0) is 61.7 Å². The molecule has 2 aromatic carbocycles. The third-order valence-electron chi connectivity index (χ3n) is 4.15. The average molecular weight is 409 g/mol. The summed E-state index contributed by atoms with van der Waals surface area (Å²) >= 11 is 0. The molecule has 31 heavy (non-hydrogen) atoms. The van der Waals surface area contributed by atoms with E-state index in [0.29, 0.717) is 0 Å². The van der Waals surface area contributed by atoms with Gasteiger partial charge in [-0.2, -0.15) is 0 Å². The molecule has 0 aromatic heterocycles. The van der Waals surface area contributed by atoms with Crippen molar-refractivity contribution in [2.24, 2.45) is 20.0 Å². The summed E-state index contributed by atoms with van der Waals surface area (Å²) in [7, 11) is 0. The molecule has 0 aliphatic heterocycles. The number of benzene rings is 2. The first-order valence-corrected chi connectivity index (χ1v) is 10.0. The van der Waals surface area contributed by atoms with E-state index in [-0.39, 0.29) is 0 Å². The van der Waals surface area contributed by atoms with Crippen LogP contribution in [0.2, 0.25) is 0 Å². The molecule has 0 saturated heterocycles. The molecule has 0 bridgehead atoms. The summed E-state index contributed by atoms with van der Waals surface area (Å²) in [5.41, 5.74) is 5.86. The smallest absolute Gasteiger partial charge is 0.0769 e. The van der Waals surface area contributed by atoms with E-state index in [0.717, 1.165) is 29.2 Å². The largest absolute Gasteiger partial charge is 0.260 e. The Morgan fingerprint density at radius 2 is 1.42 bits per heavy atom. The van der Waals surface area contributed by atoms with Crippen LogP contribution in [0.15, 0.2) is 118 Å². The van der Waals surface area contributed by atoms with Crippen LogP contribution in [0.4, 0.5) is 11.4 Å². The maximum atomic E-state index is 4.47. The molecule has 0 heterocycles. The van der Waals surface area contributed by atoms with Crippen molar-refractivity contribution in [3.05, 3.63) is 109 Å². The Hall–Kier alpha value is -3.92. The zero-order chi connectivity index (χ0) is 22.3. The Bertz CT molecular complexity index is 1030. The minimum Gasteiger partial charge on any atom is -0.260 e. The third-order valence-corrected chi connectivity index (χ3v) is 4.15. The second-order valence-corrected chi connectivity index (χ2v) is 6.60. The van der Waals surface area contributed by atoms with Gasteiger partial charge in [-0.25, -0.2) is 0 Å². The van der Waals surface area contributed by atoms with E-state index < -0.39 is 0 Å². The Morgan fingerprint density at radius 3 is 1.94 bits per heavy atom. The number of nitrogens with zero attached hydrogens (tertiary/aromatic N) is 4. The Morgan fingerprint density at radius 1 is 0.839 bits per heavy atom. The molecule has 0 spiro atoms. The van der Waals surface area contributed by atoms with Gasteiger partial charge in [0, 0.05) is 18.6 Å². The van der Waals surface area contributed by atoms with Gasteiger partial charge in [0.25, 0.3) is 0 Å². The minimum absolute atomic E-state index is 0.793. The summed E-state index contributed by atoms with van der Waals surface area (Å²) in [5, 5.41) is 0. The number of hydrogen-bond donors (Lipinski definition) is 0. The quantitative estimate of drug-likeness (QED) is 0.300. The van der Waals surface area contributed by atoms with Gasteiger partial charge in [-0.1, -0.05) is 55.7 Å². The molecule has 4 heteroatoms. The highest BCUT2D eigenvalue weighted by molar-refractivity contribution is 6.30. The topological polar surface area (TPSA) is 49.4 Å². The molecule has 0 N–H and O–H groups in total. The van der Waals surface area contributed by atoms with Crippen molar-refractivity contribution in [2.45, 2.75) is 20.3 Å². The predicted molar refractivity (Wildman–Crippen MR) is 137 cm³/mol. The van der Waals surface area contributed by atoms with Crippen LogP contribution in [-0.4, -0.2) is 24.4 Å². The second-order valence-electron chi connectivity index (χ2n) is 6.60. The lowest BCUT2D eigenvalue weighted by atomic mass is 10.0. The molecule has 0 radical (unpaired) electrons. The maximum absolute atomic E-state index is 4.47. The van der Waals surface area contributed by atoms with Crippen LogP contribution in [-0.2, 0) is 6.42 Å². The first-order chi connectivity index (χ1) is 15.1. The van der Waals surface area contributed by atoms with E-state index in [4.69, 9.17) is 0 Å². The van der Waals surface area contributed by atoms with Gasteiger partial charge in [-0.15, -0.1) is 0 Å². The van der Waals surface area contributed by atoms with Crippen molar-refractivity contribution >= 4 is 35.7 Å². The van der Waals surface area contributed by atoms with Crippen molar-refractivity contribution in [3.8, 4) is 0 Å². The molecule has 0 saturated carbocycles. The zero-order valence-electron chi connectivity index (χ0n) is 18.1. The zero-order valence-corrected chi connectivity index (χ0v) is 18.1. The van der Waals surface area contributed by atoms with Crippen molar-refractivity contribution in [1.82, 2.24) is 0 Å². The van der Waals surface area contributed by atoms with Gasteiger partial charge in [0.15, 0.2) is 0 Å². The van der Waals surface area contributed by atoms with Crippen LogP contribution >= 0.6 is 0 Å². The fourth-order valence-corrected chi connectivity index (χ4v) is 2.52. The van der Waals surface area contributed by atoms with Crippen molar-refractivity contribution in [3.63, 3.8) is 0 Å². The maximum Gasteiger partial charge on any atom is 0.0769 e. The minimum atomic E-state index is 0.793. The number of aliphatic imine (C=N–C) groups is 4. The lowest BCUT2D eigenvalue weighted by Crippen LogP contribution is -1.90. The molecule has 0 fully saturated rings. The number of rotatable bonds is 10. The van der Waals surface area contributed by atoms with Crippen LogP contribution in [0, 0.1) is 0 Å². The summed E-state index contributed by atoms with van der Waals surface area (Å²) < 4.78 is 0. The summed E-state index contributed by atoms with van der Waals surface area (Å²) in [6.45, 7) is 11.1. The molecule has 4 nitrogen and oxygen atoms in total. The summed E-state index contributed by atoms with van der Waals surface area (Å²) in [6, 6.07) is 16.4. The molecule has 0 unspecified atom stereocenters. The summed E-state index contributed by atoms with van der Waals surface area (Å²) in [5.74, 6) is 0. The molecule has 2 rings (SSSR count). The van der Waals surface area contributed by atoms with E-state index >= 15 is 0 Å². The van der Waals surface area contributed by atoms with Crippen LogP contribution < -0.4 is 0 Å². The molecular formula is C27H28N4. The molecule has 0 atom stereocenters. The summed E-state index contributed by atoms with van der Waals surface area (Å²) in [4.78, 5) is 17.4. The van der Waals surface area contributed by atoms with Gasteiger partial charge in [0.05, 0.1) is 29.0 Å². The highest BCUT2D eigenvalue weighted by Gasteiger charge is 1.98. The Labute approximate surface area is 185 Å². The highest BCUT2D eigenvalue weighted by Crippen LogP contribution is 2.18. The van der Waals surface area contributed by atoms with E-state index in [1.54, 1.807) is 43.1 Å². The van der Waals surface area contributed by atoms with Crippen molar-refractivity contribution in [1.29, 1.82) is 0 Å².